The smallest absolute Gasteiger partial charge is 0.321 e. The minimum Gasteiger partial charge on any atom is -0.480 e. The molecule has 0 aliphatic heterocycles. The highest BCUT2D eigenvalue weighted by Gasteiger charge is 2.26. The number of esters is 1. The second-order valence-corrected chi connectivity index (χ2v) is 5.39. The van der Waals surface area contributed by atoms with E-state index in [0.29, 0.717) is 0 Å². The van der Waals surface area contributed by atoms with Gasteiger partial charge in [0.2, 0.25) is 10.0 Å². The van der Waals surface area contributed by atoms with Gasteiger partial charge in [-0.15, -0.1) is 0 Å². The molecule has 1 rings (SSSR count). The summed E-state index contributed by atoms with van der Waals surface area (Å²) in [4.78, 5) is 24.4. The molecule has 1 aromatic heterocycles. The molecule has 3 N–H and O–H groups in total. The van der Waals surface area contributed by atoms with Gasteiger partial charge >= 0.3 is 11.9 Å². The van der Waals surface area contributed by atoms with Gasteiger partial charge in [0.05, 0.1) is 12.0 Å². The van der Waals surface area contributed by atoms with Crippen LogP contribution in [0.5, 0.6) is 0 Å². The van der Waals surface area contributed by atoms with E-state index in [0.717, 1.165) is 0 Å². The summed E-state index contributed by atoms with van der Waals surface area (Å²) in [7, 11) is -2.76. The fourth-order valence-electron chi connectivity index (χ4n) is 1.33. The average molecular weight is 290 g/mol. The summed E-state index contributed by atoms with van der Waals surface area (Å²) in [6, 6.07) is -0.0966. The maximum atomic E-state index is 11.8. The van der Waals surface area contributed by atoms with Gasteiger partial charge in [-0.05, 0) is 12.5 Å². The number of methoxy groups -OCH3 is 1. The fourth-order valence-corrected chi connectivity index (χ4v) is 2.53. The maximum Gasteiger partial charge on any atom is 0.321 e. The van der Waals surface area contributed by atoms with Gasteiger partial charge < -0.3 is 14.8 Å². The van der Waals surface area contributed by atoms with Gasteiger partial charge in [-0.25, -0.2) is 8.42 Å². The third kappa shape index (κ3) is 4.38. The molecule has 0 aromatic carbocycles. The Morgan fingerprint density at radius 3 is 2.68 bits per heavy atom. The Morgan fingerprint density at radius 1 is 1.53 bits per heavy atom. The number of aromatic amines is 1. The summed E-state index contributed by atoms with van der Waals surface area (Å²) in [5.41, 5.74) is 0. The molecular formula is C10H14N2O6S. The number of carbonyl (C=O) groups excluding carboxylic acids is 1. The first-order chi connectivity index (χ1) is 8.86. The Labute approximate surface area is 109 Å². The lowest BCUT2D eigenvalue weighted by molar-refractivity contribution is -0.142. The maximum absolute atomic E-state index is 11.8. The number of aliphatic carboxylic acids is 1. The number of nitrogens with one attached hydrogen (secondary N) is 2. The Kier molecular flexibility index (Phi) is 5.07. The predicted octanol–water partition coefficient (Wildman–Crippen LogP) is -0.301. The molecule has 1 unspecified atom stereocenters. The molecule has 19 heavy (non-hydrogen) atoms. The highest BCUT2D eigenvalue weighted by Crippen LogP contribution is 2.09. The van der Waals surface area contributed by atoms with E-state index < -0.39 is 28.0 Å². The lowest BCUT2D eigenvalue weighted by atomic mass is 10.2. The molecular weight excluding hydrogens is 276 g/mol. The largest absolute Gasteiger partial charge is 0.480 e. The molecule has 0 aliphatic carbocycles. The number of H-pyrrole nitrogens is 1. The second kappa shape index (κ2) is 6.34. The van der Waals surface area contributed by atoms with Crippen molar-refractivity contribution in [3.63, 3.8) is 0 Å². The summed E-state index contributed by atoms with van der Waals surface area (Å²) < 4.78 is 30.0. The molecule has 0 spiro atoms. The molecule has 106 valence electrons. The molecule has 1 heterocycles. The zero-order valence-corrected chi connectivity index (χ0v) is 10.9. The third-order valence-electron chi connectivity index (χ3n) is 2.34. The SMILES string of the molecule is COC(=O)CCC(NS(=O)(=O)c1cc[nH]c1)C(=O)O. The van der Waals surface area contributed by atoms with Gasteiger partial charge in [0, 0.05) is 18.8 Å². The van der Waals surface area contributed by atoms with Crippen molar-refractivity contribution in [3.05, 3.63) is 18.5 Å². The average Bonchev–Trinajstić information content (AvgIpc) is 2.88. The van der Waals surface area contributed by atoms with E-state index in [1.54, 1.807) is 0 Å². The zero-order valence-electron chi connectivity index (χ0n) is 10.1. The third-order valence-corrected chi connectivity index (χ3v) is 3.81. The molecule has 0 radical (unpaired) electrons. The minimum absolute atomic E-state index is 0.0724. The number of carbonyl (C=O) groups is 2. The number of carboxylic acid groups (broad SMARTS) is 1. The molecule has 0 saturated heterocycles. The van der Waals surface area contributed by atoms with Crippen LogP contribution in [-0.2, 0) is 24.3 Å². The topological polar surface area (TPSA) is 126 Å². The minimum atomic E-state index is -3.93. The van der Waals surface area contributed by atoms with Crippen molar-refractivity contribution in [3.8, 4) is 0 Å². The van der Waals surface area contributed by atoms with Gasteiger partial charge in [0.1, 0.15) is 6.04 Å². The molecule has 0 saturated carbocycles. The first-order valence-electron chi connectivity index (χ1n) is 5.31. The summed E-state index contributed by atoms with van der Waals surface area (Å²) in [5.74, 6) is -1.96. The van der Waals surface area contributed by atoms with Crippen LogP contribution in [0.4, 0.5) is 0 Å². The van der Waals surface area contributed by atoms with Crippen LogP contribution in [0.3, 0.4) is 0 Å². The number of sulfonamides is 1. The van der Waals surface area contributed by atoms with Gasteiger partial charge in [-0.2, -0.15) is 4.72 Å². The monoisotopic (exact) mass is 290 g/mol. The van der Waals surface area contributed by atoms with Crippen molar-refractivity contribution in [1.29, 1.82) is 0 Å². The standard InChI is InChI=1S/C10H14N2O6S/c1-18-9(13)3-2-8(10(14)15)12-19(16,17)7-4-5-11-6-7/h4-6,8,11-12H,2-3H2,1H3,(H,14,15). The van der Waals surface area contributed by atoms with Crippen LogP contribution in [0.25, 0.3) is 0 Å². The summed E-state index contributed by atoms with van der Waals surface area (Å²) in [5, 5.41) is 8.93. The Bertz CT molecular complexity index is 536. The molecule has 1 aromatic rings. The molecule has 0 fully saturated rings. The van der Waals surface area contributed by atoms with Crippen molar-refractivity contribution < 1.29 is 27.9 Å². The lowest BCUT2D eigenvalue weighted by Gasteiger charge is -2.13. The van der Waals surface area contributed by atoms with Crippen LogP contribution in [0.1, 0.15) is 12.8 Å². The quantitative estimate of drug-likeness (QED) is 0.592. The van der Waals surface area contributed by atoms with Crippen LogP contribution < -0.4 is 4.72 Å². The van der Waals surface area contributed by atoms with Crippen LogP contribution in [0, 0.1) is 0 Å². The van der Waals surface area contributed by atoms with E-state index in [1.165, 1.54) is 25.6 Å². The lowest BCUT2D eigenvalue weighted by Crippen LogP contribution is -2.40. The van der Waals surface area contributed by atoms with Crippen molar-refractivity contribution in [2.75, 3.05) is 7.11 Å². The summed E-state index contributed by atoms with van der Waals surface area (Å²) in [6.07, 6.45) is 2.25. The summed E-state index contributed by atoms with van der Waals surface area (Å²) >= 11 is 0. The van der Waals surface area contributed by atoms with Crippen LogP contribution in [0.15, 0.2) is 23.4 Å². The molecule has 0 amide bonds. The van der Waals surface area contributed by atoms with Crippen LogP contribution in [0.2, 0.25) is 0 Å². The van der Waals surface area contributed by atoms with E-state index in [-0.39, 0.29) is 17.7 Å². The van der Waals surface area contributed by atoms with Gasteiger partial charge in [0.25, 0.3) is 0 Å². The fraction of sp³-hybridized carbons (Fsp3) is 0.400. The van der Waals surface area contributed by atoms with Gasteiger partial charge in [-0.3, -0.25) is 9.59 Å². The van der Waals surface area contributed by atoms with E-state index in [4.69, 9.17) is 5.11 Å². The van der Waals surface area contributed by atoms with Crippen molar-refractivity contribution in [1.82, 2.24) is 9.71 Å². The van der Waals surface area contributed by atoms with Gasteiger partial charge in [0.15, 0.2) is 0 Å². The highest BCUT2D eigenvalue weighted by atomic mass is 32.2. The number of hydrogen-bond acceptors (Lipinski definition) is 5. The summed E-state index contributed by atoms with van der Waals surface area (Å²) in [6.45, 7) is 0. The van der Waals surface area contributed by atoms with Crippen molar-refractivity contribution >= 4 is 22.0 Å². The molecule has 1 atom stereocenters. The normalized spacial score (nSPS) is 12.9. The van der Waals surface area contributed by atoms with Crippen molar-refractivity contribution in [2.24, 2.45) is 0 Å². The molecule has 9 heteroatoms. The number of aromatic nitrogens is 1. The number of ether oxygens (including phenoxy) is 1. The van der Waals surface area contributed by atoms with E-state index >= 15 is 0 Å². The first kappa shape index (κ1) is 15.2. The zero-order chi connectivity index (χ0) is 14.5. The van der Waals surface area contributed by atoms with Crippen molar-refractivity contribution in [2.45, 2.75) is 23.8 Å². The Hall–Kier alpha value is -1.87. The molecule has 0 bridgehead atoms. The van der Waals surface area contributed by atoms with E-state index in [9.17, 15) is 18.0 Å². The highest BCUT2D eigenvalue weighted by molar-refractivity contribution is 7.89. The second-order valence-electron chi connectivity index (χ2n) is 3.67. The van der Waals surface area contributed by atoms with Crippen LogP contribution in [-0.4, -0.2) is 43.6 Å². The predicted molar refractivity (Wildman–Crippen MR) is 63.8 cm³/mol. The first-order valence-corrected chi connectivity index (χ1v) is 6.80. The van der Waals surface area contributed by atoms with Gasteiger partial charge in [-0.1, -0.05) is 0 Å². The van der Waals surface area contributed by atoms with Crippen LogP contribution >= 0.6 is 0 Å². The van der Waals surface area contributed by atoms with E-state index in [1.807, 2.05) is 4.72 Å². The number of hydrogen-bond donors (Lipinski definition) is 3. The Morgan fingerprint density at radius 2 is 2.21 bits per heavy atom. The Balaban J connectivity index is 2.74. The molecule has 8 nitrogen and oxygen atoms in total. The number of carboxylic acids is 1. The van der Waals surface area contributed by atoms with E-state index in [2.05, 4.69) is 9.72 Å². The molecule has 0 aliphatic rings. The number of rotatable bonds is 7.